The Bertz CT molecular complexity index is 1820. The summed E-state index contributed by atoms with van der Waals surface area (Å²) in [6, 6.07) is 0. The summed E-state index contributed by atoms with van der Waals surface area (Å²) in [5.74, 6) is -5.54. The van der Waals surface area contributed by atoms with E-state index in [1.165, 1.54) is 62.9 Å². The number of Topliss-reactive ketones (excluding diaryl/α,β-unsaturated/α-hetero) is 1. The molecule has 1 fully saturated rings. The summed E-state index contributed by atoms with van der Waals surface area (Å²) in [4.78, 5) is 27.8. The van der Waals surface area contributed by atoms with E-state index in [0.29, 0.717) is 0 Å². The molecule has 0 aliphatic carbocycles. The number of methoxy groups -OCH3 is 1. The Balaban J connectivity index is 1.70. The average Bonchev–Trinajstić information content (AvgIpc) is 3.74. The van der Waals surface area contributed by atoms with Crippen LogP contribution in [0.3, 0.4) is 0 Å². The maximum absolute atomic E-state index is 14.2. The number of nitrogens with one attached hydrogen (secondary N) is 1. The molecule has 0 saturated carbocycles. The Labute approximate surface area is 311 Å². The Morgan fingerprint density at radius 2 is 1.48 bits per heavy atom. The molecule has 2 aromatic carbocycles. The molecule has 6 rings (SSSR count). The molecule has 0 spiro atoms. The predicted octanol–water partition coefficient (Wildman–Crippen LogP) is 5.66. The maximum Gasteiger partial charge on any atom is 0.312 e. The fourth-order valence-corrected chi connectivity index (χ4v) is 10.1. The first-order valence-corrected chi connectivity index (χ1v) is 19.4. The normalized spacial score (nSPS) is 34.5. The molecule has 4 heterocycles. The largest absolute Gasteiger partial charge is 0.507 e. The van der Waals surface area contributed by atoms with E-state index >= 15 is 0 Å². The smallest absolute Gasteiger partial charge is 0.312 e. The van der Waals surface area contributed by atoms with Crippen LogP contribution in [0.15, 0.2) is 36.1 Å². The molecule has 0 unspecified atom stereocenters. The highest BCUT2D eigenvalue weighted by atomic mass is 32.2. The van der Waals surface area contributed by atoms with E-state index in [-0.39, 0.29) is 44.5 Å². The molecule has 2 aromatic rings. The molecule has 1 saturated heterocycles. The molecule has 52 heavy (non-hydrogen) atoms. The van der Waals surface area contributed by atoms with E-state index in [0.717, 1.165) is 11.5 Å². The topological polar surface area (TPSA) is 195 Å². The first-order chi connectivity index (χ1) is 24.5. The quantitative estimate of drug-likeness (QED) is 0.147. The predicted molar refractivity (Wildman–Crippen MR) is 202 cm³/mol. The second-order valence-electron chi connectivity index (χ2n) is 14.1. The number of ether oxygens (including phenoxy) is 3. The van der Waals surface area contributed by atoms with E-state index < -0.39 is 87.4 Å². The highest BCUT2D eigenvalue weighted by Gasteiger charge is 2.50. The van der Waals surface area contributed by atoms with Gasteiger partial charge in [-0.05, 0) is 19.9 Å². The SMILES string of the molecule is CO[C@H]1/C=C/O[C@@]2(C)Oc3c(C)c(O)c4c(O)c(c(C5SCCS5)c(O)c4c3C2=O)NC(=O)/C(C)=C\C=C\[C@@H](C)[C@@H](O)[C@H](C)[C@H](O)[C@@H](C)[C@@H](O)[C@@H]1C. The number of hydrogen-bond donors (Lipinski definition) is 7. The lowest BCUT2D eigenvalue weighted by Crippen LogP contribution is -2.44. The minimum atomic E-state index is -1.97. The van der Waals surface area contributed by atoms with Gasteiger partial charge < -0.3 is 50.2 Å². The molecule has 9 atom stereocenters. The van der Waals surface area contributed by atoms with Gasteiger partial charge in [0.15, 0.2) is 5.75 Å². The summed E-state index contributed by atoms with van der Waals surface area (Å²) < 4.78 is 17.2. The van der Waals surface area contributed by atoms with Gasteiger partial charge in [-0.1, -0.05) is 45.9 Å². The maximum atomic E-state index is 14.2. The van der Waals surface area contributed by atoms with Gasteiger partial charge >= 0.3 is 5.79 Å². The second-order valence-corrected chi connectivity index (χ2v) is 16.8. The van der Waals surface area contributed by atoms with Gasteiger partial charge in [0.25, 0.3) is 11.7 Å². The number of phenolic OH excluding ortho intramolecular Hbond substituents is 3. The first-order valence-electron chi connectivity index (χ1n) is 17.3. The number of thioether (sulfide) groups is 2. The van der Waals surface area contributed by atoms with Crippen LogP contribution in [0.25, 0.3) is 10.8 Å². The van der Waals surface area contributed by atoms with Crippen molar-refractivity contribution >= 4 is 51.7 Å². The number of aliphatic hydroxyl groups excluding tert-OH is 3. The number of rotatable bonds is 2. The van der Waals surface area contributed by atoms with Crippen LogP contribution >= 0.6 is 23.5 Å². The summed E-state index contributed by atoms with van der Waals surface area (Å²) in [5, 5.41) is 71.3. The van der Waals surface area contributed by atoms with Crippen LogP contribution in [-0.2, 0) is 14.3 Å². The lowest BCUT2D eigenvalue weighted by Gasteiger charge is -2.36. The highest BCUT2D eigenvalue weighted by Crippen LogP contribution is 2.60. The van der Waals surface area contributed by atoms with Crippen molar-refractivity contribution in [2.75, 3.05) is 23.9 Å². The van der Waals surface area contributed by atoms with Crippen LogP contribution in [0, 0.1) is 30.6 Å². The lowest BCUT2D eigenvalue weighted by molar-refractivity contribution is -0.112. The average molecular weight is 760 g/mol. The van der Waals surface area contributed by atoms with Crippen molar-refractivity contribution in [3.63, 3.8) is 0 Å². The molecule has 4 aliphatic heterocycles. The van der Waals surface area contributed by atoms with Gasteiger partial charge in [-0.15, -0.1) is 23.5 Å². The Morgan fingerprint density at radius 1 is 0.865 bits per heavy atom. The van der Waals surface area contributed by atoms with Crippen LogP contribution in [0.2, 0.25) is 0 Å². The first kappa shape index (κ1) is 39.8. The summed E-state index contributed by atoms with van der Waals surface area (Å²) >= 11 is 2.99. The van der Waals surface area contributed by atoms with Gasteiger partial charge in [0.1, 0.15) is 17.2 Å². The van der Waals surface area contributed by atoms with Gasteiger partial charge in [0.2, 0.25) is 0 Å². The molecule has 14 heteroatoms. The molecule has 12 nitrogen and oxygen atoms in total. The Hall–Kier alpha value is -3.40. The van der Waals surface area contributed by atoms with E-state index in [9.17, 15) is 40.2 Å². The third-order valence-electron chi connectivity index (χ3n) is 10.6. The number of carbonyl (C=O) groups excluding carboxylic acids is 2. The van der Waals surface area contributed by atoms with E-state index in [1.54, 1.807) is 46.8 Å². The van der Waals surface area contributed by atoms with Crippen molar-refractivity contribution in [3.05, 3.63) is 52.8 Å². The van der Waals surface area contributed by atoms with Crippen molar-refractivity contribution in [2.24, 2.45) is 23.7 Å². The van der Waals surface area contributed by atoms with Gasteiger partial charge in [-0.2, -0.15) is 0 Å². The van der Waals surface area contributed by atoms with Gasteiger partial charge in [0, 0.05) is 71.3 Å². The number of fused-ring (bicyclic) bond motifs is 14. The summed E-state index contributed by atoms with van der Waals surface area (Å²) in [5.41, 5.74) is 0.323. The number of aliphatic hydroxyl groups is 3. The molecule has 7 N–H and O–H groups in total. The van der Waals surface area contributed by atoms with E-state index in [1.807, 2.05) is 0 Å². The standard InChI is InChI=1S/C38H49NO11S2/c1-16-10-9-11-17(2)36(47)39-27-26(37-51-14-15-52-37)32(44)23-24(33(27)45)31(43)21(6)34-25(23)35(46)38(7,50-34)49-13-12-22(48-8)18(3)29(41)20(5)30(42)19(4)28(16)40/h9-13,16,18-20,22,28-30,37,40-45H,14-15H2,1-8H3,(H,39,47)/b10-9+,13-12+,17-11-/t16-,18-,19+,20+,22+,28-,29+,30+,38+/m1/s1. The van der Waals surface area contributed by atoms with E-state index in [4.69, 9.17) is 14.2 Å². The van der Waals surface area contributed by atoms with Gasteiger partial charge in [-0.3, -0.25) is 9.59 Å². The number of amides is 1. The zero-order valence-electron chi connectivity index (χ0n) is 30.5. The third-order valence-corrected chi connectivity index (χ3v) is 13.7. The van der Waals surface area contributed by atoms with Crippen molar-refractivity contribution in [2.45, 2.75) is 83.3 Å². The highest BCUT2D eigenvalue weighted by molar-refractivity contribution is 8.19. The molecule has 0 aromatic heterocycles. The molecule has 284 valence electrons. The number of ketones is 1. The summed E-state index contributed by atoms with van der Waals surface area (Å²) in [6.45, 7) is 11.3. The van der Waals surface area contributed by atoms with Crippen LogP contribution in [0.1, 0.15) is 67.6 Å². The number of phenols is 3. The monoisotopic (exact) mass is 759 g/mol. The van der Waals surface area contributed by atoms with Crippen molar-refractivity contribution in [1.82, 2.24) is 0 Å². The number of anilines is 1. The fraction of sp³-hybridized carbons (Fsp3) is 0.526. The minimum absolute atomic E-state index is 0.0356. The zero-order chi connectivity index (χ0) is 38.4. The summed E-state index contributed by atoms with van der Waals surface area (Å²) in [7, 11) is 1.45. The van der Waals surface area contributed by atoms with Crippen LogP contribution < -0.4 is 10.1 Å². The second kappa shape index (κ2) is 15.5. The molecule has 4 aliphatic rings. The van der Waals surface area contributed by atoms with Gasteiger partial charge in [0.05, 0.1) is 51.9 Å². The lowest BCUT2D eigenvalue weighted by atomic mass is 9.78. The van der Waals surface area contributed by atoms with Crippen molar-refractivity contribution < 1.29 is 54.4 Å². The zero-order valence-corrected chi connectivity index (χ0v) is 32.2. The molecular weight excluding hydrogens is 711 g/mol. The molecule has 1 amide bonds. The summed E-state index contributed by atoms with van der Waals surface area (Å²) in [6.07, 6.45) is 3.67. The number of carbonyl (C=O) groups is 2. The molecule has 0 radical (unpaired) electrons. The minimum Gasteiger partial charge on any atom is -0.507 e. The number of aromatic hydroxyl groups is 3. The van der Waals surface area contributed by atoms with E-state index in [2.05, 4.69) is 5.32 Å². The molecule has 5 bridgehead atoms. The number of hydrogen-bond acceptors (Lipinski definition) is 13. The van der Waals surface area contributed by atoms with Crippen LogP contribution in [0.5, 0.6) is 23.0 Å². The Kier molecular flexibility index (Phi) is 11.9. The van der Waals surface area contributed by atoms with Gasteiger partial charge in [-0.25, -0.2) is 0 Å². The third kappa shape index (κ3) is 7.01. The van der Waals surface area contributed by atoms with Crippen LogP contribution in [-0.4, -0.2) is 91.1 Å². The van der Waals surface area contributed by atoms with Crippen molar-refractivity contribution in [1.29, 1.82) is 0 Å². The number of benzene rings is 2. The number of allylic oxidation sites excluding steroid dienone is 2. The Morgan fingerprint density at radius 3 is 2.12 bits per heavy atom. The van der Waals surface area contributed by atoms with Crippen molar-refractivity contribution in [3.8, 4) is 23.0 Å². The molecular formula is C38H49NO11S2. The van der Waals surface area contributed by atoms with Crippen LogP contribution in [0.4, 0.5) is 5.69 Å². The fourth-order valence-electron chi connectivity index (χ4n) is 7.11.